The molecule has 3 aromatic rings. The Morgan fingerprint density at radius 3 is 3.05 bits per heavy atom. The molecule has 1 aliphatic heterocycles. The van der Waals surface area contributed by atoms with Crippen molar-refractivity contribution >= 4 is 10.9 Å². The van der Waals surface area contributed by atoms with E-state index in [0.717, 1.165) is 18.7 Å². The predicted octanol–water partition coefficient (Wildman–Crippen LogP) is 2.74. The van der Waals surface area contributed by atoms with Crippen LogP contribution in [0.3, 0.4) is 0 Å². The molecule has 0 bridgehead atoms. The van der Waals surface area contributed by atoms with E-state index in [-0.39, 0.29) is 6.04 Å². The molecule has 1 atom stereocenters. The van der Waals surface area contributed by atoms with Crippen molar-refractivity contribution in [2.24, 2.45) is 0 Å². The van der Waals surface area contributed by atoms with E-state index in [9.17, 15) is 0 Å². The summed E-state index contributed by atoms with van der Waals surface area (Å²) in [4.78, 5) is 11.3. The van der Waals surface area contributed by atoms with Crippen LogP contribution in [0.5, 0.6) is 0 Å². The van der Waals surface area contributed by atoms with Gasteiger partial charge in [-0.05, 0) is 25.0 Å². The van der Waals surface area contributed by atoms with Gasteiger partial charge in [-0.3, -0.25) is 0 Å². The monoisotopic (exact) mass is 266 g/mol. The molecule has 4 heteroatoms. The third-order valence-corrected chi connectivity index (χ3v) is 4.44. The number of H-pyrrole nitrogens is 2. The molecule has 0 saturated carbocycles. The molecule has 2 aromatic heterocycles. The number of imidazole rings is 1. The molecule has 1 aromatic carbocycles. The van der Waals surface area contributed by atoms with E-state index in [1.165, 1.54) is 33.4 Å². The average Bonchev–Trinajstić information content (AvgIpc) is 3.04. The van der Waals surface area contributed by atoms with Gasteiger partial charge >= 0.3 is 0 Å². The van der Waals surface area contributed by atoms with Gasteiger partial charge in [0, 0.05) is 29.7 Å². The van der Waals surface area contributed by atoms with Gasteiger partial charge < -0.3 is 15.3 Å². The lowest BCUT2D eigenvalue weighted by molar-refractivity contribution is 0.556. The highest BCUT2D eigenvalue weighted by Gasteiger charge is 2.25. The Hall–Kier alpha value is -2.07. The molecule has 0 saturated heterocycles. The summed E-state index contributed by atoms with van der Waals surface area (Å²) in [6, 6.07) is 6.69. The van der Waals surface area contributed by atoms with E-state index < -0.39 is 0 Å². The van der Waals surface area contributed by atoms with Crippen molar-refractivity contribution < 1.29 is 0 Å². The van der Waals surface area contributed by atoms with Crippen molar-refractivity contribution in [3.63, 3.8) is 0 Å². The Morgan fingerprint density at radius 1 is 1.25 bits per heavy atom. The highest BCUT2D eigenvalue weighted by atomic mass is 15.0. The van der Waals surface area contributed by atoms with Gasteiger partial charge in [-0.25, -0.2) is 4.98 Å². The number of aryl methyl sites for hydroxylation is 2. The molecule has 0 radical (unpaired) electrons. The predicted molar refractivity (Wildman–Crippen MR) is 79.9 cm³/mol. The molecule has 3 heterocycles. The van der Waals surface area contributed by atoms with Crippen molar-refractivity contribution in [1.29, 1.82) is 0 Å². The number of rotatable bonds is 1. The Balaban J connectivity index is 1.94. The number of fused-ring (bicyclic) bond motifs is 2. The normalized spacial score (nSPS) is 18.4. The third kappa shape index (κ3) is 1.55. The smallest absolute Gasteiger partial charge is 0.0926 e. The second-order valence-electron chi connectivity index (χ2n) is 5.55. The zero-order valence-corrected chi connectivity index (χ0v) is 11.7. The van der Waals surface area contributed by atoms with Gasteiger partial charge in [-0.1, -0.05) is 18.2 Å². The van der Waals surface area contributed by atoms with Crippen molar-refractivity contribution in [2.75, 3.05) is 6.54 Å². The second-order valence-corrected chi connectivity index (χ2v) is 5.55. The van der Waals surface area contributed by atoms with Crippen LogP contribution in [-0.2, 0) is 6.42 Å². The molecule has 0 spiro atoms. The van der Waals surface area contributed by atoms with Gasteiger partial charge in [0.15, 0.2) is 0 Å². The lowest BCUT2D eigenvalue weighted by Crippen LogP contribution is -2.30. The first-order valence-electron chi connectivity index (χ1n) is 7.09. The minimum absolute atomic E-state index is 0.172. The lowest BCUT2D eigenvalue weighted by Gasteiger charge is -2.23. The van der Waals surface area contributed by atoms with E-state index in [4.69, 9.17) is 0 Å². The maximum Gasteiger partial charge on any atom is 0.0926 e. The fourth-order valence-corrected chi connectivity index (χ4v) is 3.22. The van der Waals surface area contributed by atoms with Gasteiger partial charge in [0.2, 0.25) is 0 Å². The largest absolute Gasteiger partial charge is 0.358 e. The van der Waals surface area contributed by atoms with E-state index in [2.05, 4.69) is 52.3 Å². The Bertz CT molecular complexity index is 781. The van der Waals surface area contributed by atoms with Crippen LogP contribution >= 0.6 is 0 Å². The number of benzene rings is 1. The highest BCUT2D eigenvalue weighted by molar-refractivity contribution is 5.87. The fourth-order valence-electron chi connectivity index (χ4n) is 3.22. The van der Waals surface area contributed by atoms with E-state index in [1.54, 1.807) is 6.33 Å². The van der Waals surface area contributed by atoms with E-state index >= 15 is 0 Å². The number of nitrogens with zero attached hydrogens (tertiary/aromatic N) is 1. The third-order valence-electron chi connectivity index (χ3n) is 4.44. The molecule has 0 amide bonds. The molecule has 20 heavy (non-hydrogen) atoms. The number of nitrogens with one attached hydrogen (secondary N) is 3. The zero-order chi connectivity index (χ0) is 13.7. The molecular formula is C16H18N4. The molecule has 1 unspecified atom stereocenters. The van der Waals surface area contributed by atoms with Gasteiger partial charge in [-0.15, -0.1) is 0 Å². The van der Waals surface area contributed by atoms with Crippen molar-refractivity contribution in [2.45, 2.75) is 26.3 Å². The van der Waals surface area contributed by atoms with Crippen LogP contribution in [0, 0.1) is 13.8 Å². The quantitative estimate of drug-likeness (QED) is 0.634. The number of aromatic nitrogens is 3. The fraction of sp³-hybridized carbons (Fsp3) is 0.312. The zero-order valence-electron chi connectivity index (χ0n) is 11.7. The minimum atomic E-state index is 0.172. The maximum atomic E-state index is 4.52. The summed E-state index contributed by atoms with van der Waals surface area (Å²) >= 11 is 0. The molecule has 102 valence electrons. The van der Waals surface area contributed by atoms with E-state index in [1.807, 2.05) is 0 Å². The van der Waals surface area contributed by atoms with Crippen LogP contribution in [0.1, 0.15) is 34.3 Å². The number of hydrogen-bond donors (Lipinski definition) is 3. The molecule has 1 aliphatic rings. The molecule has 0 fully saturated rings. The minimum Gasteiger partial charge on any atom is -0.358 e. The van der Waals surface area contributed by atoms with Crippen LogP contribution in [0.4, 0.5) is 0 Å². The molecule has 4 rings (SSSR count). The van der Waals surface area contributed by atoms with E-state index in [0.29, 0.717) is 0 Å². The maximum absolute atomic E-state index is 4.52. The summed E-state index contributed by atoms with van der Waals surface area (Å²) in [5.74, 6) is 0. The van der Waals surface area contributed by atoms with Gasteiger partial charge in [0.25, 0.3) is 0 Å². The Morgan fingerprint density at radius 2 is 2.15 bits per heavy atom. The van der Waals surface area contributed by atoms with Crippen LogP contribution in [0.2, 0.25) is 0 Å². The van der Waals surface area contributed by atoms with Crippen molar-refractivity contribution in [3.8, 4) is 0 Å². The average molecular weight is 266 g/mol. The summed E-state index contributed by atoms with van der Waals surface area (Å²) < 4.78 is 0. The topological polar surface area (TPSA) is 56.5 Å². The first-order valence-corrected chi connectivity index (χ1v) is 7.09. The molecule has 4 nitrogen and oxygen atoms in total. The summed E-state index contributed by atoms with van der Waals surface area (Å²) in [6.07, 6.45) is 2.82. The van der Waals surface area contributed by atoms with Crippen LogP contribution in [0.25, 0.3) is 10.9 Å². The Kier molecular flexibility index (Phi) is 2.47. The number of hydrogen-bond acceptors (Lipinski definition) is 2. The van der Waals surface area contributed by atoms with Gasteiger partial charge in [-0.2, -0.15) is 0 Å². The van der Waals surface area contributed by atoms with Crippen LogP contribution in [0.15, 0.2) is 24.5 Å². The van der Waals surface area contributed by atoms with Crippen LogP contribution in [-0.4, -0.2) is 21.5 Å². The summed E-state index contributed by atoms with van der Waals surface area (Å²) in [7, 11) is 0. The standard InChI is InChI=1S/C16H18N4/c1-9-10(2)20-14-11(9)4-3-5-12(14)15-16-13(6-7-17-15)18-8-19-16/h3-5,8,15,17,20H,6-7H2,1-2H3,(H,18,19). The second kappa shape index (κ2) is 4.21. The highest BCUT2D eigenvalue weighted by Crippen LogP contribution is 2.32. The first-order chi connectivity index (χ1) is 9.75. The van der Waals surface area contributed by atoms with Crippen LogP contribution < -0.4 is 5.32 Å². The number of aromatic amines is 2. The van der Waals surface area contributed by atoms with Gasteiger partial charge in [0.1, 0.15) is 0 Å². The summed E-state index contributed by atoms with van der Waals surface area (Å²) in [5, 5.41) is 4.91. The molecule has 3 N–H and O–H groups in total. The lowest BCUT2D eigenvalue weighted by atomic mass is 9.96. The SMILES string of the molecule is Cc1[nH]c2c(C3NCCc4[nH]cnc43)cccc2c1C. The van der Waals surface area contributed by atoms with Gasteiger partial charge in [0.05, 0.1) is 23.6 Å². The first kappa shape index (κ1) is 11.7. The molecular weight excluding hydrogens is 248 g/mol. The molecule has 0 aliphatic carbocycles. The van der Waals surface area contributed by atoms with Crippen molar-refractivity contribution in [1.82, 2.24) is 20.3 Å². The van der Waals surface area contributed by atoms with Crippen molar-refractivity contribution in [3.05, 3.63) is 52.7 Å². The number of para-hydroxylation sites is 1. The summed E-state index contributed by atoms with van der Waals surface area (Å²) in [5.41, 5.74) is 7.48. The Labute approximate surface area is 117 Å². The summed E-state index contributed by atoms with van der Waals surface area (Å²) in [6.45, 7) is 5.29.